The van der Waals surface area contributed by atoms with Crippen molar-refractivity contribution in [3.63, 3.8) is 0 Å². The zero-order valence-electron chi connectivity index (χ0n) is 20.0. The summed E-state index contributed by atoms with van der Waals surface area (Å²) >= 11 is 0. The number of amides is 4. The molecule has 0 atom stereocenters. The van der Waals surface area contributed by atoms with E-state index in [-0.39, 0.29) is 5.57 Å². The highest BCUT2D eigenvalue weighted by Gasteiger charge is 2.37. The number of ether oxygens (including phenoxy) is 2. The predicted octanol–water partition coefficient (Wildman–Crippen LogP) is 4.87. The fraction of sp³-hybridized carbons (Fsp3) is 0.179. The molecule has 1 N–H and O–H groups in total. The Bertz CT molecular complexity index is 1360. The van der Waals surface area contributed by atoms with Gasteiger partial charge in [0.05, 0.1) is 12.8 Å². The summed E-state index contributed by atoms with van der Waals surface area (Å²) in [5, 5.41) is 2.26. The Morgan fingerprint density at radius 3 is 2.43 bits per heavy atom. The number of carbonyl (C=O) groups excluding carboxylic acids is 3. The van der Waals surface area contributed by atoms with Gasteiger partial charge in [0.2, 0.25) is 0 Å². The predicted molar refractivity (Wildman–Crippen MR) is 133 cm³/mol. The van der Waals surface area contributed by atoms with Gasteiger partial charge in [-0.05, 0) is 67.3 Å². The molecule has 35 heavy (non-hydrogen) atoms. The first-order chi connectivity index (χ1) is 16.8. The number of hydrogen-bond acceptors (Lipinski definition) is 5. The van der Waals surface area contributed by atoms with Crippen LogP contribution in [0.4, 0.5) is 10.5 Å². The Balaban J connectivity index is 1.62. The van der Waals surface area contributed by atoms with Gasteiger partial charge in [0, 0.05) is 0 Å². The lowest BCUT2D eigenvalue weighted by Gasteiger charge is -2.28. The van der Waals surface area contributed by atoms with Gasteiger partial charge in [0.1, 0.15) is 12.2 Å². The molecule has 0 spiro atoms. The molecule has 1 aliphatic rings. The van der Waals surface area contributed by atoms with E-state index in [1.807, 2.05) is 51.1 Å². The number of rotatable bonds is 6. The molecule has 0 saturated carbocycles. The standard InChI is InChI=1S/C28H26N2O5/c1-17-7-5-9-21(13-17)16-35-24-12-11-20(15-25(24)34-4)14-22-26(31)29-28(33)30(27(22)32)23-10-6-8-18(2)19(23)3/h5-15H,16H2,1-4H3,(H,29,31,33)/b22-14+. The lowest BCUT2D eigenvalue weighted by Crippen LogP contribution is -2.54. The first-order valence-electron chi connectivity index (χ1n) is 11.1. The van der Waals surface area contributed by atoms with Crippen molar-refractivity contribution in [1.29, 1.82) is 0 Å². The van der Waals surface area contributed by atoms with E-state index in [9.17, 15) is 14.4 Å². The van der Waals surface area contributed by atoms with Gasteiger partial charge in [0.25, 0.3) is 11.8 Å². The molecule has 0 radical (unpaired) electrons. The van der Waals surface area contributed by atoms with Crippen LogP contribution in [0.15, 0.2) is 66.2 Å². The third-order valence-corrected chi connectivity index (χ3v) is 5.89. The first-order valence-corrected chi connectivity index (χ1v) is 11.1. The van der Waals surface area contributed by atoms with E-state index >= 15 is 0 Å². The number of imide groups is 2. The van der Waals surface area contributed by atoms with Crippen molar-refractivity contribution >= 4 is 29.6 Å². The van der Waals surface area contributed by atoms with E-state index < -0.39 is 17.8 Å². The SMILES string of the molecule is COc1cc(/C=C2\C(=O)NC(=O)N(c3cccc(C)c3C)C2=O)ccc1OCc1cccc(C)c1. The first kappa shape index (κ1) is 23.8. The maximum atomic E-state index is 13.2. The molecule has 0 aliphatic carbocycles. The third-order valence-electron chi connectivity index (χ3n) is 5.89. The van der Waals surface area contributed by atoms with E-state index in [2.05, 4.69) is 5.32 Å². The minimum Gasteiger partial charge on any atom is -0.493 e. The van der Waals surface area contributed by atoms with Gasteiger partial charge < -0.3 is 9.47 Å². The number of hydrogen-bond donors (Lipinski definition) is 1. The molecule has 1 fully saturated rings. The van der Waals surface area contributed by atoms with Crippen LogP contribution in [0.5, 0.6) is 11.5 Å². The average molecular weight is 471 g/mol. The number of benzene rings is 3. The number of nitrogens with zero attached hydrogens (tertiary/aromatic N) is 1. The van der Waals surface area contributed by atoms with Crippen LogP contribution in [0.2, 0.25) is 0 Å². The number of carbonyl (C=O) groups is 3. The van der Waals surface area contributed by atoms with Crippen molar-refractivity contribution in [3.05, 3.63) is 94.1 Å². The Morgan fingerprint density at radius 2 is 1.69 bits per heavy atom. The molecule has 178 valence electrons. The second-order valence-corrected chi connectivity index (χ2v) is 8.36. The minimum atomic E-state index is -0.775. The summed E-state index contributed by atoms with van der Waals surface area (Å²) in [4.78, 5) is 39.3. The second-order valence-electron chi connectivity index (χ2n) is 8.36. The van der Waals surface area contributed by atoms with Crippen molar-refractivity contribution < 1.29 is 23.9 Å². The normalized spacial score (nSPS) is 14.8. The van der Waals surface area contributed by atoms with E-state index in [1.165, 1.54) is 13.2 Å². The number of anilines is 1. The van der Waals surface area contributed by atoms with E-state index in [4.69, 9.17) is 9.47 Å². The van der Waals surface area contributed by atoms with Crippen molar-refractivity contribution in [3.8, 4) is 11.5 Å². The smallest absolute Gasteiger partial charge is 0.335 e. The summed E-state index contributed by atoms with van der Waals surface area (Å²) in [6.45, 7) is 6.10. The monoisotopic (exact) mass is 470 g/mol. The summed E-state index contributed by atoms with van der Waals surface area (Å²) in [6.07, 6.45) is 1.44. The molecule has 0 bridgehead atoms. The number of methoxy groups -OCH3 is 1. The molecule has 1 saturated heterocycles. The summed E-state index contributed by atoms with van der Waals surface area (Å²) in [6, 6.07) is 17.7. The van der Waals surface area contributed by atoms with Crippen LogP contribution < -0.4 is 19.7 Å². The van der Waals surface area contributed by atoms with Gasteiger partial charge in [-0.1, -0.05) is 48.0 Å². The Morgan fingerprint density at radius 1 is 0.914 bits per heavy atom. The minimum absolute atomic E-state index is 0.152. The van der Waals surface area contributed by atoms with Crippen LogP contribution in [0.3, 0.4) is 0 Å². The van der Waals surface area contributed by atoms with Crippen molar-refractivity contribution in [2.75, 3.05) is 12.0 Å². The lowest BCUT2D eigenvalue weighted by atomic mass is 10.0. The number of urea groups is 1. The van der Waals surface area contributed by atoms with Crippen molar-refractivity contribution in [2.24, 2.45) is 0 Å². The fourth-order valence-corrected chi connectivity index (χ4v) is 3.88. The van der Waals surface area contributed by atoms with Gasteiger partial charge in [-0.25, -0.2) is 9.69 Å². The van der Waals surface area contributed by atoms with Crippen LogP contribution in [0.1, 0.15) is 27.8 Å². The Kier molecular flexibility index (Phi) is 6.68. The van der Waals surface area contributed by atoms with Crippen molar-refractivity contribution in [1.82, 2.24) is 5.32 Å². The highest BCUT2D eigenvalue weighted by atomic mass is 16.5. The molecule has 7 nitrogen and oxygen atoms in total. The summed E-state index contributed by atoms with van der Waals surface area (Å²) in [5.41, 5.74) is 4.71. The molecule has 7 heteroatoms. The lowest BCUT2D eigenvalue weighted by molar-refractivity contribution is -0.122. The van der Waals surface area contributed by atoms with Crippen LogP contribution in [0, 0.1) is 20.8 Å². The van der Waals surface area contributed by atoms with E-state index in [1.54, 1.807) is 30.3 Å². The molecule has 1 aliphatic heterocycles. The topological polar surface area (TPSA) is 84.9 Å². The highest BCUT2D eigenvalue weighted by molar-refractivity contribution is 6.39. The summed E-state index contributed by atoms with van der Waals surface area (Å²) in [7, 11) is 1.52. The highest BCUT2D eigenvalue weighted by Crippen LogP contribution is 2.31. The second kappa shape index (κ2) is 9.85. The summed E-state index contributed by atoms with van der Waals surface area (Å²) in [5.74, 6) is -0.451. The zero-order chi connectivity index (χ0) is 25.1. The molecular weight excluding hydrogens is 444 g/mol. The van der Waals surface area contributed by atoms with Crippen LogP contribution in [0.25, 0.3) is 6.08 Å². The number of aryl methyl sites for hydroxylation is 2. The van der Waals surface area contributed by atoms with Gasteiger partial charge in [-0.3, -0.25) is 14.9 Å². The third kappa shape index (κ3) is 4.94. The number of barbiturate groups is 1. The number of nitrogens with one attached hydrogen (secondary N) is 1. The van der Waals surface area contributed by atoms with Gasteiger partial charge in [-0.15, -0.1) is 0 Å². The summed E-state index contributed by atoms with van der Waals surface area (Å²) < 4.78 is 11.4. The maximum absolute atomic E-state index is 13.2. The molecule has 0 aromatic heterocycles. The van der Waals surface area contributed by atoms with E-state index in [0.29, 0.717) is 29.4 Å². The molecule has 4 rings (SSSR count). The maximum Gasteiger partial charge on any atom is 0.335 e. The van der Waals surface area contributed by atoms with Gasteiger partial charge in [0.15, 0.2) is 11.5 Å². The molecule has 3 aromatic carbocycles. The van der Waals surface area contributed by atoms with Crippen molar-refractivity contribution in [2.45, 2.75) is 27.4 Å². The molecular formula is C28H26N2O5. The van der Waals surface area contributed by atoms with Gasteiger partial charge >= 0.3 is 6.03 Å². The quantitative estimate of drug-likeness (QED) is 0.411. The zero-order valence-corrected chi connectivity index (χ0v) is 20.0. The fourth-order valence-electron chi connectivity index (χ4n) is 3.88. The molecule has 1 heterocycles. The Labute approximate surface area is 204 Å². The molecule has 4 amide bonds. The van der Waals surface area contributed by atoms with Crippen LogP contribution >= 0.6 is 0 Å². The molecule has 0 unspecified atom stereocenters. The average Bonchev–Trinajstić information content (AvgIpc) is 2.83. The molecule has 3 aromatic rings. The Hall–Kier alpha value is -4.39. The van der Waals surface area contributed by atoms with Gasteiger partial charge in [-0.2, -0.15) is 0 Å². The largest absolute Gasteiger partial charge is 0.493 e. The van der Waals surface area contributed by atoms with Crippen LogP contribution in [-0.2, 0) is 16.2 Å². The van der Waals surface area contributed by atoms with E-state index in [0.717, 1.165) is 27.2 Å². The van der Waals surface area contributed by atoms with Crippen LogP contribution in [-0.4, -0.2) is 25.0 Å².